The minimum absolute atomic E-state index is 0.0623. The zero-order chi connectivity index (χ0) is 13.5. The van der Waals surface area contributed by atoms with Crippen LogP contribution in [0.15, 0.2) is 24.3 Å². The first-order valence-corrected chi connectivity index (χ1v) is 6.01. The number of unbranched alkanes of at least 4 members (excludes halogenated alkanes) is 1. The SMILES string of the molecule is CCCCC(=O)N(C)C(C#N)c1ccc(F)cc1. The molecule has 0 heterocycles. The lowest BCUT2D eigenvalue weighted by atomic mass is 10.1. The Labute approximate surface area is 107 Å². The summed E-state index contributed by atoms with van der Waals surface area (Å²) >= 11 is 0. The molecule has 3 nitrogen and oxygen atoms in total. The third kappa shape index (κ3) is 3.56. The lowest BCUT2D eigenvalue weighted by Gasteiger charge is -2.23. The summed E-state index contributed by atoms with van der Waals surface area (Å²) < 4.78 is 12.8. The number of hydrogen-bond acceptors (Lipinski definition) is 2. The monoisotopic (exact) mass is 248 g/mol. The predicted octanol–water partition coefficient (Wildman–Crippen LogP) is 3.04. The first kappa shape index (κ1) is 14.2. The van der Waals surface area contributed by atoms with E-state index in [1.54, 1.807) is 7.05 Å². The van der Waals surface area contributed by atoms with Crippen LogP contribution in [0, 0.1) is 17.1 Å². The van der Waals surface area contributed by atoms with Gasteiger partial charge in [-0.05, 0) is 24.1 Å². The molecule has 0 aliphatic heterocycles. The molecule has 96 valence electrons. The van der Waals surface area contributed by atoms with Crippen molar-refractivity contribution in [1.29, 1.82) is 5.26 Å². The molecule has 0 radical (unpaired) electrons. The number of benzene rings is 1. The maximum absolute atomic E-state index is 12.8. The van der Waals surface area contributed by atoms with E-state index < -0.39 is 6.04 Å². The van der Waals surface area contributed by atoms with Crippen LogP contribution in [0.5, 0.6) is 0 Å². The molecule has 1 aromatic rings. The second-order valence-corrected chi connectivity index (χ2v) is 4.19. The molecule has 0 aliphatic carbocycles. The normalized spacial score (nSPS) is 11.7. The molecule has 0 fully saturated rings. The summed E-state index contributed by atoms with van der Waals surface area (Å²) in [4.78, 5) is 13.3. The highest BCUT2D eigenvalue weighted by atomic mass is 19.1. The average molecular weight is 248 g/mol. The summed E-state index contributed by atoms with van der Waals surface area (Å²) in [5.41, 5.74) is 0.631. The molecule has 4 heteroatoms. The molecule has 0 saturated carbocycles. The third-order valence-corrected chi connectivity index (χ3v) is 2.83. The zero-order valence-corrected chi connectivity index (χ0v) is 10.7. The molecule has 0 bridgehead atoms. The van der Waals surface area contributed by atoms with Gasteiger partial charge < -0.3 is 4.90 Å². The van der Waals surface area contributed by atoms with Gasteiger partial charge in [-0.15, -0.1) is 0 Å². The number of nitrogens with zero attached hydrogens (tertiary/aromatic N) is 2. The number of carbonyl (C=O) groups is 1. The number of hydrogen-bond donors (Lipinski definition) is 0. The number of rotatable bonds is 5. The molecule has 0 aromatic heterocycles. The molecular weight excluding hydrogens is 231 g/mol. The van der Waals surface area contributed by atoms with Crippen LogP contribution in [0.1, 0.15) is 37.8 Å². The van der Waals surface area contributed by atoms with Crippen molar-refractivity contribution in [3.63, 3.8) is 0 Å². The van der Waals surface area contributed by atoms with E-state index in [9.17, 15) is 9.18 Å². The van der Waals surface area contributed by atoms with Crippen LogP contribution < -0.4 is 0 Å². The third-order valence-electron chi connectivity index (χ3n) is 2.83. The van der Waals surface area contributed by atoms with Gasteiger partial charge >= 0.3 is 0 Å². The second-order valence-electron chi connectivity index (χ2n) is 4.19. The Morgan fingerprint density at radius 1 is 1.44 bits per heavy atom. The van der Waals surface area contributed by atoms with Crippen molar-refractivity contribution >= 4 is 5.91 Å². The van der Waals surface area contributed by atoms with Gasteiger partial charge in [0.2, 0.25) is 5.91 Å². The van der Waals surface area contributed by atoms with E-state index in [2.05, 4.69) is 6.07 Å². The Balaban J connectivity index is 2.80. The maximum Gasteiger partial charge on any atom is 0.223 e. The first-order valence-electron chi connectivity index (χ1n) is 6.01. The summed E-state index contributed by atoms with van der Waals surface area (Å²) in [6.07, 6.45) is 2.18. The van der Waals surface area contributed by atoms with Gasteiger partial charge in [0.25, 0.3) is 0 Å². The molecule has 1 unspecified atom stereocenters. The number of amides is 1. The minimum atomic E-state index is -0.657. The van der Waals surface area contributed by atoms with E-state index in [1.807, 2.05) is 6.92 Å². The highest BCUT2D eigenvalue weighted by molar-refractivity contribution is 5.76. The Morgan fingerprint density at radius 3 is 2.56 bits per heavy atom. The smallest absolute Gasteiger partial charge is 0.223 e. The van der Waals surface area contributed by atoms with Crippen LogP contribution in [0.4, 0.5) is 4.39 Å². The van der Waals surface area contributed by atoms with Crippen LogP contribution in [-0.4, -0.2) is 17.9 Å². The number of carbonyl (C=O) groups excluding carboxylic acids is 1. The first-order chi connectivity index (χ1) is 8.60. The van der Waals surface area contributed by atoms with Crippen LogP contribution in [-0.2, 0) is 4.79 Å². The summed E-state index contributed by atoms with van der Waals surface area (Å²) in [6.45, 7) is 2.01. The number of nitriles is 1. The molecule has 18 heavy (non-hydrogen) atoms. The molecule has 1 atom stereocenters. The fourth-order valence-electron chi connectivity index (χ4n) is 1.68. The highest BCUT2D eigenvalue weighted by Crippen LogP contribution is 2.20. The van der Waals surface area contributed by atoms with Crippen molar-refractivity contribution in [3.05, 3.63) is 35.6 Å². The van der Waals surface area contributed by atoms with Crippen molar-refractivity contribution < 1.29 is 9.18 Å². The average Bonchev–Trinajstić information content (AvgIpc) is 2.38. The Bertz CT molecular complexity index is 436. The lowest BCUT2D eigenvalue weighted by Crippen LogP contribution is -2.30. The standard InChI is InChI=1S/C14H17FN2O/c1-3-4-5-14(18)17(2)13(10-16)11-6-8-12(15)9-7-11/h6-9,13H,3-5H2,1-2H3. The number of halogens is 1. The minimum Gasteiger partial charge on any atom is -0.326 e. The van der Waals surface area contributed by atoms with Gasteiger partial charge in [-0.3, -0.25) is 4.79 Å². The summed E-state index contributed by atoms with van der Waals surface area (Å²) in [5.74, 6) is -0.414. The molecule has 1 amide bonds. The van der Waals surface area contributed by atoms with E-state index in [0.29, 0.717) is 12.0 Å². The van der Waals surface area contributed by atoms with Gasteiger partial charge in [0, 0.05) is 13.5 Å². The largest absolute Gasteiger partial charge is 0.326 e. The van der Waals surface area contributed by atoms with Crippen LogP contribution >= 0.6 is 0 Å². The molecule has 0 spiro atoms. The van der Waals surface area contributed by atoms with Crippen molar-refractivity contribution in [2.75, 3.05) is 7.05 Å². The van der Waals surface area contributed by atoms with Crippen molar-refractivity contribution in [2.45, 2.75) is 32.2 Å². The molecule has 0 aliphatic rings. The Morgan fingerprint density at radius 2 is 2.06 bits per heavy atom. The van der Waals surface area contributed by atoms with Gasteiger partial charge in [-0.2, -0.15) is 5.26 Å². The lowest BCUT2D eigenvalue weighted by molar-refractivity contribution is -0.131. The summed E-state index contributed by atoms with van der Waals surface area (Å²) in [6, 6.07) is 7.08. The van der Waals surface area contributed by atoms with Gasteiger partial charge in [0.15, 0.2) is 0 Å². The van der Waals surface area contributed by atoms with E-state index in [-0.39, 0.29) is 11.7 Å². The quantitative estimate of drug-likeness (QED) is 0.803. The molecular formula is C14H17FN2O. The van der Waals surface area contributed by atoms with Crippen LogP contribution in [0.3, 0.4) is 0 Å². The molecule has 0 N–H and O–H groups in total. The van der Waals surface area contributed by atoms with Crippen molar-refractivity contribution in [1.82, 2.24) is 4.90 Å². The van der Waals surface area contributed by atoms with E-state index in [1.165, 1.54) is 29.2 Å². The van der Waals surface area contributed by atoms with Crippen LogP contribution in [0.2, 0.25) is 0 Å². The van der Waals surface area contributed by atoms with Crippen molar-refractivity contribution in [2.24, 2.45) is 0 Å². The van der Waals surface area contributed by atoms with Gasteiger partial charge in [0.1, 0.15) is 11.9 Å². The fourth-order valence-corrected chi connectivity index (χ4v) is 1.68. The fraction of sp³-hybridized carbons (Fsp3) is 0.429. The zero-order valence-electron chi connectivity index (χ0n) is 10.7. The van der Waals surface area contributed by atoms with Gasteiger partial charge in [-0.25, -0.2) is 4.39 Å². The Kier molecular flexibility index (Phi) is 5.31. The predicted molar refractivity (Wildman–Crippen MR) is 67.0 cm³/mol. The topological polar surface area (TPSA) is 44.1 Å². The molecule has 1 aromatic carbocycles. The van der Waals surface area contributed by atoms with Gasteiger partial charge in [-0.1, -0.05) is 25.5 Å². The van der Waals surface area contributed by atoms with Gasteiger partial charge in [0.05, 0.1) is 6.07 Å². The summed E-state index contributed by atoms with van der Waals surface area (Å²) in [5, 5.41) is 9.16. The van der Waals surface area contributed by atoms with E-state index in [0.717, 1.165) is 12.8 Å². The van der Waals surface area contributed by atoms with E-state index in [4.69, 9.17) is 5.26 Å². The molecule has 0 saturated heterocycles. The van der Waals surface area contributed by atoms with Crippen LogP contribution in [0.25, 0.3) is 0 Å². The second kappa shape index (κ2) is 6.75. The van der Waals surface area contributed by atoms with Crippen molar-refractivity contribution in [3.8, 4) is 6.07 Å². The van der Waals surface area contributed by atoms with E-state index >= 15 is 0 Å². The molecule has 1 rings (SSSR count). The summed E-state index contributed by atoms with van der Waals surface area (Å²) in [7, 11) is 1.61. The highest BCUT2D eigenvalue weighted by Gasteiger charge is 2.20. The maximum atomic E-state index is 12.8. The Hall–Kier alpha value is -1.89.